The van der Waals surface area contributed by atoms with Crippen molar-refractivity contribution in [2.45, 2.75) is 18.9 Å². The Bertz CT molecular complexity index is 128. The maximum absolute atomic E-state index is 9.00. The molecule has 0 aromatic carbocycles. The van der Waals surface area contributed by atoms with Crippen molar-refractivity contribution in [3.05, 3.63) is 6.92 Å². The van der Waals surface area contributed by atoms with E-state index in [0.717, 1.165) is 0 Å². The van der Waals surface area contributed by atoms with Crippen molar-refractivity contribution >= 4 is 0 Å². The van der Waals surface area contributed by atoms with Crippen LogP contribution in [0.15, 0.2) is 0 Å². The highest BCUT2D eigenvalue weighted by atomic mass is 16.3. The summed E-state index contributed by atoms with van der Waals surface area (Å²) in [5.41, 5.74) is -1.25. The molecule has 1 atom stereocenters. The molecule has 0 amide bonds. The molecule has 0 aliphatic rings. The molecule has 0 aromatic rings. The van der Waals surface area contributed by atoms with E-state index in [1.165, 1.54) is 6.92 Å². The van der Waals surface area contributed by atoms with Crippen LogP contribution in [0.3, 0.4) is 0 Å². The van der Waals surface area contributed by atoms with Gasteiger partial charge in [0.1, 0.15) is 5.60 Å². The average molecular weight is 127 g/mol. The molecular weight excluding hydrogens is 116 g/mol. The van der Waals surface area contributed by atoms with Crippen LogP contribution in [0.5, 0.6) is 0 Å². The molecule has 0 aliphatic heterocycles. The quantitative estimate of drug-likeness (QED) is 0.485. The fraction of sp³-hybridized carbons (Fsp3) is 0.571. The van der Waals surface area contributed by atoms with E-state index in [4.69, 9.17) is 10.2 Å². The van der Waals surface area contributed by atoms with Crippen molar-refractivity contribution in [1.82, 2.24) is 0 Å². The molecule has 2 nitrogen and oxygen atoms in total. The van der Waals surface area contributed by atoms with E-state index in [1.54, 1.807) is 0 Å². The van der Waals surface area contributed by atoms with Crippen molar-refractivity contribution in [2.24, 2.45) is 0 Å². The summed E-state index contributed by atoms with van der Waals surface area (Å²) in [5, 5.41) is 17.5. The van der Waals surface area contributed by atoms with Gasteiger partial charge in [0.25, 0.3) is 0 Å². The number of aliphatic hydroxyl groups excluding tert-OH is 1. The van der Waals surface area contributed by atoms with Crippen LogP contribution >= 0.6 is 0 Å². The Kier molecular flexibility index (Phi) is 3.29. The lowest BCUT2D eigenvalue weighted by Gasteiger charge is -2.10. The lowest BCUT2D eigenvalue weighted by atomic mass is 10.1. The second-order valence-corrected chi connectivity index (χ2v) is 1.98. The molecule has 0 saturated heterocycles. The number of hydrogen-bond acceptors (Lipinski definition) is 2. The summed E-state index contributed by atoms with van der Waals surface area (Å²) in [5.74, 6) is 5.02. The van der Waals surface area contributed by atoms with Gasteiger partial charge < -0.3 is 10.2 Å². The highest BCUT2D eigenvalue weighted by Crippen LogP contribution is 1.97. The van der Waals surface area contributed by atoms with E-state index in [1.807, 2.05) is 0 Å². The molecule has 2 heteroatoms. The molecule has 51 valence electrons. The molecule has 0 aromatic heterocycles. The Labute approximate surface area is 55.5 Å². The minimum absolute atomic E-state index is 0.333. The van der Waals surface area contributed by atoms with Gasteiger partial charge in [0.05, 0.1) is 6.61 Å². The molecule has 2 N–H and O–H groups in total. The highest BCUT2D eigenvalue weighted by molar-refractivity contribution is 5.11. The predicted octanol–water partition coefficient (Wildman–Crippen LogP) is -0.0427. The van der Waals surface area contributed by atoms with Gasteiger partial charge in [-0.15, -0.1) is 5.92 Å². The van der Waals surface area contributed by atoms with Gasteiger partial charge in [0.15, 0.2) is 0 Å². The van der Waals surface area contributed by atoms with Gasteiger partial charge in [-0.3, -0.25) is 0 Å². The first-order valence-electron chi connectivity index (χ1n) is 2.75. The van der Waals surface area contributed by atoms with Gasteiger partial charge in [-0.1, -0.05) is 5.92 Å². The minimum Gasteiger partial charge on any atom is -0.392 e. The number of hydrogen-bond donors (Lipinski definition) is 2. The highest BCUT2D eigenvalue weighted by Gasteiger charge is 2.13. The summed E-state index contributed by atoms with van der Waals surface area (Å²) >= 11 is 0. The second-order valence-electron chi connectivity index (χ2n) is 1.98. The topological polar surface area (TPSA) is 40.5 Å². The SMILES string of the molecule is [CH2]CC#CC(C)(O)CO. The van der Waals surface area contributed by atoms with Gasteiger partial charge in [-0.05, 0) is 13.8 Å². The first kappa shape index (κ1) is 8.48. The first-order chi connectivity index (χ1) is 4.12. The summed E-state index contributed by atoms with van der Waals surface area (Å²) in [4.78, 5) is 0. The molecule has 0 bridgehead atoms. The van der Waals surface area contributed by atoms with Crippen LogP contribution < -0.4 is 0 Å². The van der Waals surface area contributed by atoms with Gasteiger partial charge in [0.2, 0.25) is 0 Å². The van der Waals surface area contributed by atoms with Crippen LogP contribution in [0.2, 0.25) is 0 Å². The van der Waals surface area contributed by atoms with Gasteiger partial charge >= 0.3 is 0 Å². The maximum Gasteiger partial charge on any atom is 0.145 e. The Balaban J connectivity index is 3.84. The third-order valence-corrected chi connectivity index (χ3v) is 0.791. The Hall–Kier alpha value is -0.520. The van der Waals surface area contributed by atoms with E-state index >= 15 is 0 Å². The minimum atomic E-state index is -1.25. The largest absolute Gasteiger partial charge is 0.392 e. The fourth-order valence-corrected chi connectivity index (χ4v) is 0.292. The smallest absolute Gasteiger partial charge is 0.145 e. The lowest BCUT2D eigenvalue weighted by Crippen LogP contribution is -2.26. The molecular formula is C7H11O2. The van der Waals surface area contributed by atoms with Gasteiger partial charge in [-0.25, -0.2) is 0 Å². The van der Waals surface area contributed by atoms with Crippen molar-refractivity contribution in [3.8, 4) is 11.8 Å². The third-order valence-electron chi connectivity index (χ3n) is 0.791. The summed E-state index contributed by atoms with van der Waals surface area (Å²) in [6, 6.07) is 0. The molecule has 0 fully saturated rings. The van der Waals surface area contributed by atoms with Crippen LogP contribution in [0.4, 0.5) is 0 Å². The van der Waals surface area contributed by atoms with Crippen LogP contribution in [0.25, 0.3) is 0 Å². The molecule has 0 heterocycles. The first-order valence-corrected chi connectivity index (χ1v) is 2.75. The zero-order valence-electron chi connectivity index (χ0n) is 5.52. The number of aliphatic hydroxyl groups is 2. The van der Waals surface area contributed by atoms with Gasteiger partial charge in [-0.2, -0.15) is 0 Å². The van der Waals surface area contributed by atoms with Crippen molar-refractivity contribution < 1.29 is 10.2 Å². The van der Waals surface area contributed by atoms with E-state index in [2.05, 4.69) is 18.8 Å². The fourth-order valence-electron chi connectivity index (χ4n) is 0.292. The van der Waals surface area contributed by atoms with E-state index in [9.17, 15) is 0 Å². The van der Waals surface area contributed by atoms with E-state index in [0.29, 0.717) is 6.42 Å². The van der Waals surface area contributed by atoms with Crippen molar-refractivity contribution in [1.29, 1.82) is 0 Å². The molecule has 0 aliphatic carbocycles. The standard InChI is InChI=1S/C7H11O2/c1-3-4-5-7(2,9)6-8/h8-9H,1,3,6H2,2H3. The van der Waals surface area contributed by atoms with Crippen LogP contribution in [0, 0.1) is 18.8 Å². The third kappa shape index (κ3) is 4.01. The summed E-state index contributed by atoms with van der Waals surface area (Å²) in [7, 11) is 0. The molecule has 9 heavy (non-hydrogen) atoms. The summed E-state index contributed by atoms with van der Waals surface area (Å²) in [6.45, 7) is 4.58. The molecule has 0 saturated carbocycles. The predicted molar refractivity (Wildman–Crippen MR) is 35.5 cm³/mol. The molecule has 0 rings (SSSR count). The molecule has 0 spiro atoms. The Morgan fingerprint density at radius 3 is 2.56 bits per heavy atom. The van der Waals surface area contributed by atoms with Crippen molar-refractivity contribution in [3.63, 3.8) is 0 Å². The second kappa shape index (κ2) is 3.49. The lowest BCUT2D eigenvalue weighted by molar-refractivity contribution is 0.0518. The normalized spacial score (nSPS) is 15.6. The van der Waals surface area contributed by atoms with Crippen LogP contribution in [-0.2, 0) is 0 Å². The zero-order valence-corrected chi connectivity index (χ0v) is 5.52. The Morgan fingerprint density at radius 1 is 1.67 bits per heavy atom. The number of rotatable bonds is 1. The Morgan fingerprint density at radius 2 is 2.22 bits per heavy atom. The average Bonchev–Trinajstić information content (AvgIpc) is 1.84. The van der Waals surface area contributed by atoms with Gasteiger partial charge in [0, 0.05) is 6.42 Å². The monoisotopic (exact) mass is 127 g/mol. The van der Waals surface area contributed by atoms with E-state index < -0.39 is 5.60 Å². The zero-order chi connectivity index (χ0) is 7.33. The van der Waals surface area contributed by atoms with E-state index in [-0.39, 0.29) is 6.61 Å². The van der Waals surface area contributed by atoms with Crippen LogP contribution in [0.1, 0.15) is 13.3 Å². The molecule has 1 radical (unpaired) electrons. The summed E-state index contributed by atoms with van der Waals surface area (Å²) < 4.78 is 0. The van der Waals surface area contributed by atoms with Crippen LogP contribution in [-0.4, -0.2) is 22.4 Å². The maximum atomic E-state index is 9.00. The van der Waals surface area contributed by atoms with Crippen molar-refractivity contribution in [2.75, 3.05) is 6.61 Å². The summed E-state index contributed by atoms with van der Waals surface area (Å²) in [6.07, 6.45) is 0.455. The molecule has 1 unspecified atom stereocenters.